The molecule has 5 nitrogen and oxygen atoms in total. The molecular weight excluding hydrogens is 218 g/mol. The van der Waals surface area contributed by atoms with E-state index in [1.165, 1.54) is 26.2 Å². The number of rotatable bonds is 3. The molecule has 1 aromatic carbocycles. The molecule has 1 rings (SSSR count). The van der Waals surface area contributed by atoms with E-state index in [1.54, 1.807) is 6.07 Å². The molecule has 0 aromatic heterocycles. The quantitative estimate of drug-likeness (QED) is 0.787. The molecule has 0 saturated carbocycles. The SMILES string of the molecule is COc1c([C@@H](C)O)cccc1S(N)(=O)=O. The number of sulfonamides is 1. The third kappa shape index (κ3) is 2.47. The van der Waals surface area contributed by atoms with Crippen LogP contribution in [-0.2, 0) is 10.0 Å². The molecule has 1 aromatic rings. The van der Waals surface area contributed by atoms with Gasteiger partial charge in [-0.05, 0) is 13.0 Å². The third-order valence-electron chi connectivity index (χ3n) is 1.97. The average molecular weight is 231 g/mol. The van der Waals surface area contributed by atoms with E-state index in [1.807, 2.05) is 0 Å². The number of aliphatic hydroxyl groups excluding tert-OH is 1. The van der Waals surface area contributed by atoms with Gasteiger partial charge in [-0.3, -0.25) is 0 Å². The van der Waals surface area contributed by atoms with Crippen LogP contribution in [0.25, 0.3) is 0 Å². The van der Waals surface area contributed by atoms with Crippen LogP contribution < -0.4 is 9.88 Å². The highest BCUT2D eigenvalue weighted by Crippen LogP contribution is 2.31. The second-order valence-electron chi connectivity index (χ2n) is 3.10. The normalized spacial score (nSPS) is 13.6. The van der Waals surface area contributed by atoms with Crippen molar-refractivity contribution in [2.75, 3.05) is 7.11 Å². The van der Waals surface area contributed by atoms with Gasteiger partial charge in [0.1, 0.15) is 10.6 Å². The highest BCUT2D eigenvalue weighted by molar-refractivity contribution is 7.89. The Balaban J connectivity index is 3.49. The number of benzene rings is 1. The van der Waals surface area contributed by atoms with Crippen molar-refractivity contribution in [1.29, 1.82) is 0 Å². The predicted octanol–water partition coefficient (Wildman–Crippen LogP) is 0.396. The number of para-hydroxylation sites is 1. The van der Waals surface area contributed by atoms with Crippen LogP contribution in [0.3, 0.4) is 0 Å². The maximum absolute atomic E-state index is 11.2. The molecule has 84 valence electrons. The van der Waals surface area contributed by atoms with Crippen molar-refractivity contribution in [3.05, 3.63) is 23.8 Å². The standard InChI is InChI=1S/C9H13NO4S/c1-6(11)7-4-3-5-8(9(7)14-2)15(10,12)13/h3-6,11H,1-2H3,(H2,10,12,13)/t6-/m1/s1. The van der Waals surface area contributed by atoms with Gasteiger partial charge in [0.15, 0.2) is 0 Å². The van der Waals surface area contributed by atoms with E-state index in [4.69, 9.17) is 9.88 Å². The molecule has 0 aliphatic carbocycles. The molecule has 0 fully saturated rings. The lowest BCUT2D eigenvalue weighted by Gasteiger charge is -2.13. The van der Waals surface area contributed by atoms with Gasteiger partial charge in [0.2, 0.25) is 10.0 Å². The largest absolute Gasteiger partial charge is 0.495 e. The average Bonchev–Trinajstić information content (AvgIpc) is 2.15. The lowest BCUT2D eigenvalue weighted by molar-refractivity contribution is 0.193. The Morgan fingerprint density at radius 2 is 2.07 bits per heavy atom. The van der Waals surface area contributed by atoms with Gasteiger partial charge in [-0.25, -0.2) is 13.6 Å². The molecule has 0 saturated heterocycles. The first-order valence-electron chi connectivity index (χ1n) is 4.25. The topological polar surface area (TPSA) is 89.6 Å². The monoisotopic (exact) mass is 231 g/mol. The van der Waals surface area contributed by atoms with Crippen molar-refractivity contribution < 1.29 is 18.3 Å². The van der Waals surface area contributed by atoms with E-state index in [2.05, 4.69) is 0 Å². The molecule has 0 aliphatic heterocycles. The summed E-state index contributed by atoms with van der Waals surface area (Å²) >= 11 is 0. The number of nitrogens with two attached hydrogens (primary N) is 1. The number of hydrogen-bond acceptors (Lipinski definition) is 4. The highest BCUT2D eigenvalue weighted by atomic mass is 32.2. The van der Waals surface area contributed by atoms with Crippen LogP contribution in [0.15, 0.2) is 23.1 Å². The summed E-state index contributed by atoms with van der Waals surface area (Å²) in [5, 5.41) is 14.4. The van der Waals surface area contributed by atoms with Crippen LogP contribution in [-0.4, -0.2) is 20.6 Å². The minimum atomic E-state index is -3.84. The molecule has 0 aliphatic rings. The van der Waals surface area contributed by atoms with Gasteiger partial charge >= 0.3 is 0 Å². The lowest BCUT2D eigenvalue weighted by atomic mass is 10.1. The first kappa shape index (κ1) is 12.0. The minimum Gasteiger partial charge on any atom is -0.495 e. The smallest absolute Gasteiger partial charge is 0.241 e. The molecule has 1 atom stereocenters. The number of primary sulfonamides is 1. The second-order valence-corrected chi connectivity index (χ2v) is 4.63. The third-order valence-corrected chi connectivity index (χ3v) is 2.90. The fourth-order valence-electron chi connectivity index (χ4n) is 1.30. The molecule has 3 N–H and O–H groups in total. The summed E-state index contributed by atoms with van der Waals surface area (Å²) in [4.78, 5) is -0.122. The van der Waals surface area contributed by atoms with Gasteiger partial charge in [0.25, 0.3) is 0 Å². The second kappa shape index (κ2) is 4.18. The van der Waals surface area contributed by atoms with Crippen molar-refractivity contribution in [3.63, 3.8) is 0 Å². The Bertz CT molecular complexity index is 453. The summed E-state index contributed by atoms with van der Waals surface area (Å²) in [6.07, 6.45) is -0.818. The van der Waals surface area contributed by atoms with Gasteiger partial charge in [-0.1, -0.05) is 12.1 Å². The van der Waals surface area contributed by atoms with E-state index in [-0.39, 0.29) is 10.6 Å². The van der Waals surface area contributed by atoms with Crippen LogP contribution >= 0.6 is 0 Å². The predicted molar refractivity (Wildman–Crippen MR) is 55.0 cm³/mol. The summed E-state index contributed by atoms with van der Waals surface area (Å²) in [7, 11) is -2.51. The van der Waals surface area contributed by atoms with Crippen LogP contribution in [0, 0.1) is 0 Å². The number of ether oxygens (including phenoxy) is 1. The van der Waals surface area contributed by atoms with E-state index in [0.29, 0.717) is 5.56 Å². The van der Waals surface area contributed by atoms with Crippen LogP contribution in [0.5, 0.6) is 5.75 Å². The Labute approximate surface area is 88.5 Å². The zero-order valence-corrected chi connectivity index (χ0v) is 9.28. The van der Waals surface area contributed by atoms with Crippen molar-refractivity contribution in [2.24, 2.45) is 5.14 Å². The van der Waals surface area contributed by atoms with Crippen molar-refractivity contribution in [2.45, 2.75) is 17.9 Å². The number of hydrogen-bond donors (Lipinski definition) is 2. The minimum absolute atomic E-state index is 0.0926. The lowest BCUT2D eigenvalue weighted by Crippen LogP contribution is -2.14. The van der Waals surface area contributed by atoms with E-state index < -0.39 is 16.1 Å². The van der Waals surface area contributed by atoms with Crippen LogP contribution in [0.4, 0.5) is 0 Å². The molecule has 0 heterocycles. The Morgan fingerprint density at radius 3 is 2.47 bits per heavy atom. The van der Waals surface area contributed by atoms with Gasteiger partial charge in [-0.2, -0.15) is 0 Å². The van der Waals surface area contributed by atoms with E-state index >= 15 is 0 Å². The molecule has 0 radical (unpaired) electrons. The van der Waals surface area contributed by atoms with Crippen LogP contribution in [0.1, 0.15) is 18.6 Å². The zero-order valence-electron chi connectivity index (χ0n) is 8.47. The maximum Gasteiger partial charge on any atom is 0.241 e. The summed E-state index contributed by atoms with van der Waals surface area (Å²) in [5.74, 6) is 0.0926. The fraction of sp³-hybridized carbons (Fsp3) is 0.333. The van der Waals surface area contributed by atoms with Crippen molar-refractivity contribution in [3.8, 4) is 5.75 Å². The Hall–Kier alpha value is -1.11. The molecular formula is C9H13NO4S. The molecule has 0 spiro atoms. The Kier molecular flexibility index (Phi) is 3.33. The van der Waals surface area contributed by atoms with Gasteiger partial charge < -0.3 is 9.84 Å². The molecule has 0 unspecified atom stereocenters. The van der Waals surface area contributed by atoms with Crippen LogP contribution in [0.2, 0.25) is 0 Å². The molecule has 0 amide bonds. The van der Waals surface area contributed by atoms with Gasteiger partial charge in [0, 0.05) is 5.56 Å². The van der Waals surface area contributed by atoms with Gasteiger partial charge in [-0.15, -0.1) is 0 Å². The first-order chi connectivity index (χ1) is 6.88. The highest BCUT2D eigenvalue weighted by Gasteiger charge is 2.19. The first-order valence-corrected chi connectivity index (χ1v) is 5.80. The van der Waals surface area contributed by atoms with Gasteiger partial charge in [0.05, 0.1) is 13.2 Å². The number of aliphatic hydroxyl groups is 1. The van der Waals surface area contributed by atoms with Crippen molar-refractivity contribution >= 4 is 10.0 Å². The molecule has 15 heavy (non-hydrogen) atoms. The van der Waals surface area contributed by atoms with Crippen molar-refractivity contribution in [1.82, 2.24) is 0 Å². The molecule has 6 heteroatoms. The van der Waals surface area contributed by atoms with E-state index in [9.17, 15) is 13.5 Å². The summed E-state index contributed by atoms with van der Waals surface area (Å²) in [6, 6.07) is 4.42. The zero-order chi connectivity index (χ0) is 11.6. The summed E-state index contributed by atoms with van der Waals surface area (Å²) in [5.41, 5.74) is 0.393. The number of methoxy groups -OCH3 is 1. The Morgan fingerprint density at radius 1 is 1.47 bits per heavy atom. The summed E-state index contributed by atoms with van der Waals surface area (Å²) < 4.78 is 27.4. The fourth-order valence-corrected chi connectivity index (χ4v) is 2.03. The summed E-state index contributed by atoms with van der Waals surface area (Å²) in [6.45, 7) is 1.52. The van der Waals surface area contributed by atoms with E-state index in [0.717, 1.165) is 0 Å². The maximum atomic E-state index is 11.2. The molecule has 0 bridgehead atoms.